The number of alkyl carbamates (subject to hydrolysis) is 1. The van der Waals surface area contributed by atoms with Crippen LogP contribution in [0.1, 0.15) is 47.6 Å². The fourth-order valence-electron chi connectivity index (χ4n) is 5.60. The van der Waals surface area contributed by atoms with E-state index in [-0.39, 0.29) is 51.0 Å². The van der Waals surface area contributed by atoms with Gasteiger partial charge in [0, 0.05) is 13.0 Å². The summed E-state index contributed by atoms with van der Waals surface area (Å²) >= 11 is 0. The molecule has 0 unspecified atom stereocenters. The Morgan fingerprint density at radius 2 is 1.54 bits per heavy atom. The summed E-state index contributed by atoms with van der Waals surface area (Å²) in [6.45, 7) is 7.58. The third-order valence-corrected chi connectivity index (χ3v) is 8.21. The molecule has 4 atom stereocenters. The van der Waals surface area contributed by atoms with Crippen LogP contribution in [0.15, 0.2) is 110 Å². The molecule has 1 aliphatic rings. The summed E-state index contributed by atoms with van der Waals surface area (Å²) < 4.78 is 11.1. The Kier molecular flexibility index (Phi) is 13.5. The van der Waals surface area contributed by atoms with Crippen LogP contribution in [0, 0.1) is 5.92 Å². The number of esters is 1. The quantitative estimate of drug-likeness (QED) is 0.150. The van der Waals surface area contributed by atoms with Crippen LogP contribution in [-0.4, -0.2) is 59.1 Å². The van der Waals surface area contributed by atoms with Gasteiger partial charge < -0.3 is 30.1 Å². The second-order valence-corrected chi connectivity index (χ2v) is 11.6. The molecule has 0 saturated heterocycles. The molecule has 3 amide bonds. The monoisotopic (exact) mass is 653 g/mol. The maximum Gasteiger partial charge on any atom is 0.408 e. The van der Waals surface area contributed by atoms with Crippen LogP contribution in [0.4, 0.5) is 4.79 Å². The Morgan fingerprint density at radius 3 is 2.21 bits per heavy atom. The molecule has 0 fully saturated rings. The molecule has 10 nitrogen and oxygen atoms in total. The van der Waals surface area contributed by atoms with Crippen LogP contribution in [-0.2, 0) is 43.4 Å². The summed E-state index contributed by atoms with van der Waals surface area (Å²) in [5.41, 5.74) is 3.53. The van der Waals surface area contributed by atoms with Gasteiger partial charge in [-0.05, 0) is 41.5 Å². The van der Waals surface area contributed by atoms with E-state index in [0.717, 1.165) is 16.7 Å². The predicted molar refractivity (Wildman–Crippen MR) is 181 cm³/mol. The number of aliphatic hydroxyl groups is 1. The lowest BCUT2D eigenvalue weighted by Crippen LogP contribution is -2.47. The van der Waals surface area contributed by atoms with Gasteiger partial charge in [0.15, 0.2) is 0 Å². The maximum atomic E-state index is 13.5. The zero-order valence-electron chi connectivity index (χ0n) is 27.0. The van der Waals surface area contributed by atoms with E-state index in [1.807, 2.05) is 60.7 Å². The summed E-state index contributed by atoms with van der Waals surface area (Å²) in [6.07, 6.45) is 2.19. The average Bonchev–Trinajstić information content (AvgIpc) is 3.12. The van der Waals surface area contributed by atoms with Gasteiger partial charge in [-0.2, -0.15) is 0 Å². The second-order valence-electron chi connectivity index (χ2n) is 11.6. The van der Waals surface area contributed by atoms with Gasteiger partial charge in [0.05, 0.1) is 25.1 Å². The minimum atomic E-state index is -1.08. The lowest BCUT2D eigenvalue weighted by molar-refractivity contribution is -0.152. The van der Waals surface area contributed by atoms with Crippen molar-refractivity contribution >= 4 is 23.9 Å². The Morgan fingerprint density at radius 1 is 0.896 bits per heavy atom. The molecule has 0 aromatic heterocycles. The van der Waals surface area contributed by atoms with Gasteiger partial charge in [0.25, 0.3) is 0 Å². The molecule has 4 rings (SSSR count). The summed E-state index contributed by atoms with van der Waals surface area (Å²) in [5.74, 6) is -2.10. The van der Waals surface area contributed by atoms with E-state index in [2.05, 4.69) is 23.8 Å². The number of nitrogens with zero attached hydrogens (tertiary/aromatic N) is 1. The van der Waals surface area contributed by atoms with Crippen molar-refractivity contribution in [3.8, 4) is 0 Å². The third-order valence-electron chi connectivity index (χ3n) is 8.21. The van der Waals surface area contributed by atoms with Crippen molar-refractivity contribution in [1.29, 1.82) is 0 Å². The number of aliphatic hydroxyl groups excluding tert-OH is 1. The van der Waals surface area contributed by atoms with Gasteiger partial charge in [0.1, 0.15) is 18.8 Å². The number of rotatable bonds is 16. The lowest BCUT2D eigenvalue weighted by atomic mass is 9.92. The van der Waals surface area contributed by atoms with Crippen molar-refractivity contribution in [3.05, 3.63) is 132 Å². The first-order valence-electron chi connectivity index (χ1n) is 16.0. The van der Waals surface area contributed by atoms with Gasteiger partial charge >= 0.3 is 12.1 Å². The topological polar surface area (TPSA) is 134 Å². The van der Waals surface area contributed by atoms with Gasteiger partial charge in [-0.15, -0.1) is 13.2 Å². The third kappa shape index (κ3) is 10.1. The van der Waals surface area contributed by atoms with Crippen molar-refractivity contribution in [3.63, 3.8) is 0 Å². The first kappa shape index (κ1) is 35.6. The van der Waals surface area contributed by atoms with Crippen molar-refractivity contribution in [2.24, 2.45) is 5.92 Å². The van der Waals surface area contributed by atoms with E-state index in [0.29, 0.717) is 18.5 Å². The van der Waals surface area contributed by atoms with Crippen LogP contribution in [0.25, 0.3) is 0 Å². The zero-order valence-corrected chi connectivity index (χ0v) is 27.0. The normalized spacial score (nSPS) is 15.5. The standard InChI is InChI=1S/C38H43N3O7/c1-3-13-30(22-35(43)41-24-31-20-12-11-19-29(31)21-32(41)25-42)36(44)39-23-34(28-17-9-6-10-18-28)48-37(45)33(14-4-2)40-38(46)47-26-27-15-7-5-8-16-27/h3-12,15-20,30,32-34,42H,1-2,13-14,21-26H2,(H,39,44)(H,40,46)/t30-,32-,33+,34+/m0/s1. The molecule has 0 bridgehead atoms. The van der Waals surface area contributed by atoms with Crippen molar-refractivity contribution in [2.45, 2.75) is 57.0 Å². The molecule has 3 aromatic carbocycles. The van der Waals surface area contributed by atoms with Crippen LogP contribution in [0.2, 0.25) is 0 Å². The van der Waals surface area contributed by atoms with E-state index in [4.69, 9.17) is 9.47 Å². The number of ether oxygens (including phenoxy) is 2. The molecule has 1 aliphatic heterocycles. The number of hydrogen-bond acceptors (Lipinski definition) is 7. The maximum absolute atomic E-state index is 13.5. The summed E-state index contributed by atoms with van der Waals surface area (Å²) in [6, 6.07) is 24.4. The minimum Gasteiger partial charge on any atom is -0.454 e. The first-order chi connectivity index (χ1) is 23.3. The molecule has 1 heterocycles. The molecule has 0 spiro atoms. The molecule has 3 N–H and O–H groups in total. The highest BCUT2D eigenvalue weighted by Crippen LogP contribution is 2.26. The molecule has 0 aliphatic carbocycles. The molecule has 48 heavy (non-hydrogen) atoms. The van der Waals surface area contributed by atoms with E-state index in [1.165, 1.54) is 6.08 Å². The molecular formula is C38H43N3O7. The van der Waals surface area contributed by atoms with Crippen LogP contribution < -0.4 is 10.6 Å². The lowest BCUT2D eigenvalue weighted by Gasteiger charge is -2.36. The Balaban J connectivity index is 1.39. The molecular weight excluding hydrogens is 610 g/mol. The van der Waals surface area contributed by atoms with Crippen LogP contribution in [0.3, 0.4) is 0 Å². The SMILES string of the molecule is C=CC[C@@H](CC(=O)N1Cc2ccccc2C[C@H]1CO)C(=O)NC[C@@H](OC(=O)[C@@H](CC=C)NC(=O)OCc1ccccc1)c1ccccc1. The fourth-order valence-corrected chi connectivity index (χ4v) is 5.60. The van der Waals surface area contributed by atoms with Gasteiger partial charge in [0.2, 0.25) is 11.8 Å². The van der Waals surface area contributed by atoms with Crippen LogP contribution in [0.5, 0.6) is 0 Å². The number of fused-ring (bicyclic) bond motifs is 1. The fraction of sp³-hybridized carbons (Fsp3) is 0.316. The minimum absolute atomic E-state index is 0.0291. The zero-order chi connectivity index (χ0) is 34.3. The van der Waals surface area contributed by atoms with Crippen LogP contribution >= 0.6 is 0 Å². The second kappa shape index (κ2) is 18.2. The van der Waals surface area contributed by atoms with Gasteiger partial charge in [-0.1, -0.05) is 97.1 Å². The molecule has 0 radical (unpaired) electrons. The first-order valence-corrected chi connectivity index (χ1v) is 16.0. The Hall–Kier alpha value is -5.22. The highest BCUT2D eigenvalue weighted by atomic mass is 16.6. The number of carbonyl (C=O) groups is 4. The number of carbonyl (C=O) groups excluding carboxylic acids is 4. The molecule has 3 aromatic rings. The van der Waals surface area contributed by atoms with Crippen molar-refractivity contribution in [2.75, 3.05) is 13.2 Å². The number of allylic oxidation sites excluding steroid dienone is 1. The molecule has 10 heteroatoms. The Bertz CT molecular complexity index is 1550. The highest BCUT2D eigenvalue weighted by molar-refractivity contribution is 5.86. The van der Waals surface area contributed by atoms with E-state index >= 15 is 0 Å². The number of hydrogen-bond donors (Lipinski definition) is 3. The van der Waals surface area contributed by atoms with Crippen molar-refractivity contribution in [1.82, 2.24) is 15.5 Å². The summed E-state index contributed by atoms with van der Waals surface area (Å²) in [5, 5.41) is 15.4. The number of nitrogens with one attached hydrogen (secondary N) is 2. The van der Waals surface area contributed by atoms with Gasteiger partial charge in [-0.25, -0.2) is 9.59 Å². The van der Waals surface area contributed by atoms with Crippen molar-refractivity contribution < 1.29 is 33.8 Å². The highest BCUT2D eigenvalue weighted by Gasteiger charge is 2.32. The van der Waals surface area contributed by atoms with Gasteiger partial charge in [-0.3, -0.25) is 9.59 Å². The Labute approximate surface area is 281 Å². The number of benzene rings is 3. The average molecular weight is 654 g/mol. The van der Waals surface area contributed by atoms with E-state index in [9.17, 15) is 24.3 Å². The van der Waals surface area contributed by atoms with E-state index in [1.54, 1.807) is 35.2 Å². The predicted octanol–water partition coefficient (Wildman–Crippen LogP) is 4.79. The van der Waals surface area contributed by atoms with E-state index < -0.39 is 36.0 Å². The largest absolute Gasteiger partial charge is 0.454 e. The number of amides is 3. The molecule has 0 saturated carbocycles. The summed E-state index contributed by atoms with van der Waals surface area (Å²) in [4.78, 5) is 54.5. The summed E-state index contributed by atoms with van der Waals surface area (Å²) in [7, 11) is 0. The smallest absolute Gasteiger partial charge is 0.408 e. The molecule has 252 valence electrons.